The van der Waals surface area contributed by atoms with Crippen molar-refractivity contribution in [1.29, 1.82) is 0 Å². The molecule has 1 atom stereocenters. The second-order valence-corrected chi connectivity index (χ2v) is 8.85. The van der Waals surface area contributed by atoms with Gasteiger partial charge in [-0.2, -0.15) is 4.31 Å². The Hall–Kier alpha value is -2.51. The van der Waals surface area contributed by atoms with Crippen molar-refractivity contribution in [3.63, 3.8) is 0 Å². The Morgan fingerprint density at radius 2 is 1.46 bits per heavy atom. The summed E-state index contributed by atoms with van der Waals surface area (Å²) in [7, 11) is -3.53. The lowest BCUT2D eigenvalue weighted by Crippen LogP contribution is -2.28. The van der Waals surface area contributed by atoms with E-state index in [-0.39, 0.29) is 16.2 Å². The molecule has 0 radical (unpaired) electrons. The van der Waals surface area contributed by atoms with Crippen LogP contribution in [0.1, 0.15) is 46.0 Å². The molecule has 0 aliphatic carbocycles. The Kier molecular flexibility index (Phi) is 5.96. The van der Waals surface area contributed by atoms with Crippen LogP contribution in [-0.2, 0) is 14.8 Å². The van der Waals surface area contributed by atoms with E-state index < -0.39 is 22.1 Å². The molecule has 0 saturated carbocycles. The van der Waals surface area contributed by atoms with Crippen LogP contribution in [0.3, 0.4) is 0 Å². The van der Waals surface area contributed by atoms with Gasteiger partial charge in [0.2, 0.25) is 15.8 Å². The smallest absolute Gasteiger partial charge is 0.338 e. The van der Waals surface area contributed by atoms with Crippen LogP contribution in [0.5, 0.6) is 0 Å². The van der Waals surface area contributed by atoms with Crippen LogP contribution in [0.15, 0.2) is 53.4 Å². The summed E-state index contributed by atoms with van der Waals surface area (Å²) in [6, 6.07) is 12.7. The van der Waals surface area contributed by atoms with Crippen molar-refractivity contribution >= 4 is 21.8 Å². The van der Waals surface area contributed by atoms with E-state index in [1.165, 1.54) is 35.5 Å². The number of hydrogen-bond acceptors (Lipinski definition) is 5. The molecule has 0 unspecified atom stereocenters. The van der Waals surface area contributed by atoms with Crippen molar-refractivity contribution in [3.8, 4) is 0 Å². The number of Topliss-reactive ketones (excluding diaryl/α,β-unsaturated/α-hetero) is 1. The van der Waals surface area contributed by atoms with Crippen LogP contribution in [-0.4, -0.2) is 43.7 Å². The molecule has 0 amide bonds. The van der Waals surface area contributed by atoms with E-state index >= 15 is 0 Å². The molecule has 0 aromatic heterocycles. The van der Waals surface area contributed by atoms with E-state index in [1.54, 1.807) is 12.1 Å². The molecule has 2 aromatic carbocycles. The van der Waals surface area contributed by atoms with E-state index in [4.69, 9.17) is 4.74 Å². The Balaban J connectivity index is 1.67. The fraction of sp³-hybridized carbons (Fsp3) is 0.333. The second-order valence-electron chi connectivity index (χ2n) is 6.91. The topological polar surface area (TPSA) is 80.8 Å². The lowest BCUT2D eigenvalue weighted by Gasteiger charge is -2.16. The van der Waals surface area contributed by atoms with E-state index in [2.05, 4.69) is 0 Å². The molecule has 148 valence electrons. The third kappa shape index (κ3) is 4.31. The van der Waals surface area contributed by atoms with Crippen molar-refractivity contribution in [2.75, 3.05) is 13.1 Å². The van der Waals surface area contributed by atoms with Crippen LogP contribution in [0.25, 0.3) is 0 Å². The number of benzene rings is 2. The SMILES string of the molecule is Cc1ccc(C(=O)[C@H](C)OC(=O)c2ccc(S(=O)(=O)N3CCCC3)cc2)cc1. The van der Waals surface area contributed by atoms with E-state index in [9.17, 15) is 18.0 Å². The van der Waals surface area contributed by atoms with Crippen molar-refractivity contribution in [2.24, 2.45) is 0 Å². The van der Waals surface area contributed by atoms with Crippen molar-refractivity contribution in [1.82, 2.24) is 4.31 Å². The van der Waals surface area contributed by atoms with Crippen LogP contribution in [0.2, 0.25) is 0 Å². The molecule has 0 bridgehead atoms. The van der Waals surface area contributed by atoms with Gasteiger partial charge in [0.25, 0.3) is 0 Å². The Morgan fingerprint density at radius 1 is 0.929 bits per heavy atom. The number of ketones is 1. The molecule has 3 rings (SSSR count). The predicted octanol–water partition coefficient (Wildman–Crippen LogP) is 3.21. The highest BCUT2D eigenvalue weighted by Gasteiger charge is 2.27. The van der Waals surface area contributed by atoms with Crippen LogP contribution < -0.4 is 0 Å². The molecule has 1 aliphatic rings. The highest BCUT2D eigenvalue weighted by Crippen LogP contribution is 2.21. The van der Waals surface area contributed by atoms with Gasteiger partial charge in [0.15, 0.2) is 6.10 Å². The van der Waals surface area contributed by atoms with Crippen molar-refractivity contribution in [3.05, 3.63) is 65.2 Å². The van der Waals surface area contributed by atoms with Gasteiger partial charge >= 0.3 is 5.97 Å². The monoisotopic (exact) mass is 401 g/mol. The van der Waals surface area contributed by atoms with Gasteiger partial charge in [0, 0.05) is 18.7 Å². The number of carbonyl (C=O) groups excluding carboxylic acids is 2. The normalized spacial score (nSPS) is 15.9. The number of esters is 1. The summed E-state index contributed by atoms with van der Waals surface area (Å²) in [6.07, 6.45) is 0.774. The van der Waals surface area contributed by atoms with Crippen molar-refractivity contribution in [2.45, 2.75) is 37.7 Å². The van der Waals surface area contributed by atoms with Gasteiger partial charge < -0.3 is 4.74 Å². The van der Waals surface area contributed by atoms with Gasteiger partial charge in [-0.05, 0) is 51.0 Å². The minimum absolute atomic E-state index is 0.148. The number of carbonyl (C=O) groups is 2. The first kappa shape index (κ1) is 20.2. The molecule has 1 fully saturated rings. The molecule has 1 saturated heterocycles. The molecule has 1 heterocycles. The minimum atomic E-state index is -3.53. The molecule has 28 heavy (non-hydrogen) atoms. The molecular weight excluding hydrogens is 378 g/mol. The van der Waals surface area contributed by atoms with Crippen molar-refractivity contribution < 1.29 is 22.7 Å². The quantitative estimate of drug-likeness (QED) is 0.548. The van der Waals surface area contributed by atoms with Gasteiger partial charge in [-0.25, -0.2) is 13.2 Å². The molecule has 0 N–H and O–H groups in total. The fourth-order valence-electron chi connectivity index (χ4n) is 3.08. The lowest BCUT2D eigenvalue weighted by atomic mass is 10.1. The summed E-state index contributed by atoms with van der Waals surface area (Å²) in [4.78, 5) is 24.9. The number of rotatable bonds is 6. The second kappa shape index (κ2) is 8.24. The van der Waals surface area contributed by atoms with E-state index in [0.29, 0.717) is 18.7 Å². The molecule has 1 aliphatic heterocycles. The Bertz CT molecular complexity index is 959. The van der Waals surface area contributed by atoms with Gasteiger partial charge in [0.05, 0.1) is 10.5 Å². The first-order valence-electron chi connectivity index (χ1n) is 9.21. The number of nitrogens with zero attached hydrogens (tertiary/aromatic N) is 1. The number of ether oxygens (including phenoxy) is 1. The third-order valence-electron chi connectivity index (χ3n) is 4.78. The largest absolute Gasteiger partial charge is 0.451 e. The maximum absolute atomic E-state index is 12.5. The van der Waals surface area contributed by atoms with E-state index in [1.807, 2.05) is 19.1 Å². The number of sulfonamides is 1. The zero-order chi connectivity index (χ0) is 20.3. The van der Waals surface area contributed by atoms with Gasteiger partial charge in [0.1, 0.15) is 0 Å². The van der Waals surface area contributed by atoms with Crippen LogP contribution in [0.4, 0.5) is 0 Å². The maximum atomic E-state index is 12.5. The molecular formula is C21H23NO5S. The van der Waals surface area contributed by atoms with Crippen LogP contribution >= 0.6 is 0 Å². The van der Waals surface area contributed by atoms with Gasteiger partial charge in [-0.15, -0.1) is 0 Å². The Morgan fingerprint density at radius 3 is 2.04 bits per heavy atom. The van der Waals surface area contributed by atoms with Crippen LogP contribution in [0, 0.1) is 6.92 Å². The first-order valence-corrected chi connectivity index (χ1v) is 10.6. The summed E-state index contributed by atoms with van der Waals surface area (Å²) < 4.78 is 31.8. The number of hydrogen-bond donors (Lipinski definition) is 0. The molecule has 6 nitrogen and oxygen atoms in total. The fourth-order valence-corrected chi connectivity index (χ4v) is 4.59. The van der Waals surface area contributed by atoms with Gasteiger partial charge in [-0.1, -0.05) is 29.8 Å². The molecule has 2 aromatic rings. The summed E-state index contributed by atoms with van der Waals surface area (Å²) in [5.41, 5.74) is 1.70. The average Bonchev–Trinajstić information content (AvgIpc) is 3.24. The summed E-state index contributed by atoms with van der Waals surface area (Å²) in [6.45, 7) is 4.48. The maximum Gasteiger partial charge on any atom is 0.338 e. The highest BCUT2D eigenvalue weighted by atomic mass is 32.2. The number of aryl methyl sites for hydroxylation is 1. The first-order chi connectivity index (χ1) is 13.3. The van der Waals surface area contributed by atoms with Gasteiger partial charge in [-0.3, -0.25) is 4.79 Å². The summed E-state index contributed by atoms with van der Waals surface area (Å²) in [5, 5.41) is 0. The minimum Gasteiger partial charge on any atom is -0.451 e. The average molecular weight is 401 g/mol. The molecule has 0 spiro atoms. The van der Waals surface area contributed by atoms with E-state index in [0.717, 1.165) is 18.4 Å². The Labute approximate surface area is 165 Å². The zero-order valence-electron chi connectivity index (χ0n) is 15.9. The summed E-state index contributed by atoms with van der Waals surface area (Å²) in [5.74, 6) is -0.959. The highest BCUT2D eigenvalue weighted by molar-refractivity contribution is 7.89. The molecule has 7 heteroatoms. The standard InChI is InChI=1S/C21H23NO5S/c1-15-5-7-17(8-6-15)20(23)16(2)27-21(24)18-9-11-19(12-10-18)28(25,26)22-13-3-4-14-22/h5-12,16H,3-4,13-14H2,1-2H3/t16-/m0/s1. The predicted molar refractivity (Wildman–Crippen MR) is 105 cm³/mol. The third-order valence-corrected chi connectivity index (χ3v) is 6.69. The summed E-state index contributed by atoms with van der Waals surface area (Å²) >= 11 is 0. The lowest BCUT2D eigenvalue weighted by molar-refractivity contribution is 0.0318. The zero-order valence-corrected chi connectivity index (χ0v) is 16.7.